The molecular weight excluding hydrogens is 454 g/mol. The zero-order chi connectivity index (χ0) is 24.3. The third kappa shape index (κ3) is 5.10. The summed E-state index contributed by atoms with van der Waals surface area (Å²) in [5, 5.41) is 2.84. The first-order valence-corrected chi connectivity index (χ1v) is 13.1. The van der Waals surface area contributed by atoms with E-state index in [0.717, 1.165) is 30.4 Å². The number of nitrogens with one attached hydrogen (secondary N) is 1. The fraction of sp³-hybridized carbons (Fsp3) is 0.440. The molecule has 2 amide bonds. The molecule has 0 radical (unpaired) electrons. The number of carbonyl (C=O) groups excluding carboxylic acids is 2. The van der Waals surface area contributed by atoms with Gasteiger partial charge in [0.1, 0.15) is 12.3 Å². The maximum atomic E-state index is 13.1. The minimum absolute atomic E-state index is 0.156. The number of carbonyl (C=O) groups is 2. The van der Waals surface area contributed by atoms with Crippen molar-refractivity contribution in [3.05, 3.63) is 47.5 Å². The van der Waals surface area contributed by atoms with Gasteiger partial charge in [0.2, 0.25) is 21.8 Å². The molecule has 2 aliphatic heterocycles. The highest BCUT2D eigenvalue weighted by molar-refractivity contribution is 7.89. The largest absolute Gasteiger partial charge is 0.495 e. The molecule has 34 heavy (non-hydrogen) atoms. The molecule has 8 nitrogen and oxygen atoms in total. The Morgan fingerprint density at radius 2 is 1.79 bits per heavy atom. The van der Waals surface area contributed by atoms with Crippen LogP contribution >= 0.6 is 0 Å². The van der Waals surface area contributed by atoms with Gasteiger partial charge in [-0.3, -0.25) is 9.59 Å². The van der Waals surface area contributed by atoms with Crippen LogP contribution < -0.4 is 15.0 Å². The molecule has 2 aromatic rings. The number of sulfonamides is 1. The Balaban J connectivity index is 1.58. The molecule has 0 aromatic heterocycles. The Bertz CT molecular complexity index is 1190. The summed E-state index contributed by atoms with van der Waals surface area (Å²) in [5.41, 5.74) is 2.86. The van der Waals surface area contributed by atoms with Gasteiger partial charge in [0.15, 0.2) is 0 Å². The van der Waals surface area contributed by atoms with Crippen LogP contribution in [0.1, 0.15) is 43.2 Å². The topological polar surface area (TPSA) is 96.0 Å². The highest BCUT2D eigenvalue weighted by atomic mass is 32.2. The van der Waals surface area contributed by atoms with Gasteiger partial charge in [0, 0.05) is 25.2 Å². The minimum Gasteiger partial charge on any atom is -0.495 e. The van der Waals surface area contributed by atoms with E-state index in [1.54, 1.807) is 28.6 Å². The average molecular weight is 486 g/mol. The number of amides is 2. The van der Waals surface area contributed by atoms with Crippen molar-refractivity contribution < 1.29 is 22.7 Å². The van der Waals surface area contributed by atoms with Crippen LogP contribution in [0.5, 0.6) is 5.75 Å². The number of ether oxygens (including phenoxy) is 1. The van der Waals surface area contributed by atoms with Crippen molar-refractivity contribution >= 4 is 33.2 Å². The Hall–Kier alpha value is -2.91. The van der Waals surface area contributed by atoms with Crippen LogP contribution in [0.3, 0.4) is 0 Å². The number of methoxy groups -OCH3 is 1. The Morgan fingerprint density at radius 3 is 2.53 bits per heavy atom. The van der Waals surface area contributed by atoms with E-state index in [9.17, 15) is 18.0 Å². The minimum atomic E-state index is -3.58. The first kappa shape index (κ1) is 24.2. The molecule has 0 unspecified atom stereocenters. The zero-order valence-corrected chi connectivity index (χ0v) is 20.5. The van der Waals surface area contributed by atoms with Crippen LogP contribution in [0.4, 0.5) is 11.4 Å². The number of hydrogen-bond acceptors (Lipinski definition) is 5. The second-order valence-corrected chi connectivity index (χ2v) is 10.8. The van der Waals surface area contributed by atoms with Crippen LogP contribution in [0.15, 0.2) is 41.3 Å². The molecule has 182 valence electrons. The number of aryl methyl sites for hydroxylation is 2. The normalized spacial score (nSPS) is 17.1. The molecule has 2 heterocycles. The van der Waals surface area contributed by atoms with Crippen LogP contribution in [-0.4, -0.2) is 51.3 Å². The number of nitrogens with zero attached hydrogens (tertiary/aromatic N) is 2. The van der Waals surface area contributed by atoms with Gasteiger partial charge in [-0.2, -0.15) is 4.31 Å². The van der Waals surface area contributed by atoms with Gasteiger partial charge in [-0.1, -0.05) is 12.5 Å². The van der Waals surface area contributed by atoms with Crippen molar-refractivity contribution in [1.82, 2.24) is 4.31 Å². The van der Waals surface area contributed by atoms with Crippen molar-refractivity contribution in [2.45, 2.75) is 50.3 Å². The highest BCUT2D eigenvalue weighted by Gasteiger charge is 2.29. The van der Waals surface area contributed by atoms with Gasteiger partial charge in [0.05, 0.1) is 17.7 Å². The molecule has 2 aromatic carbocycles. The SMILES string of the molecule is COc1ccc(C)cc1NC(=O)CN1C(=O)CCCc2cc(S(=O)(=O)N3CCCCC3)ccc21. The summed E-state index contributed by atoms with van der Waals surface area (Å²) < 4.78 is 33.2. The quantitative estimate of drug-likeness (QED) is 0.676. The third-order valence-electron chi connectivity index (χ3n) is 6.36. The molecule has 9 heteroatoms. The highest BCUT2D eigenvalue weighted by Crippen LogP contribution is 2.31. The standard InChI is InChI=1S/C25H31N3O5S/c1-18-9-12-23(33-2)21(15-18)26-24(29)17-28-22-11-10-20(16-19(22)7-6-8-25(28)30)34(31,32)27-13-4-3-5-14-27/h9-12,15-16H,3-8,13-14,17H2,1-2H3,(H,26,29). The Morgan fingerprint density at radius 1 is 1.03 bits per heavy atom. The average Bonchev–Trinajstić information content (AvgIpc) is 2.98. The van der Waals surface area contributed by atoms with Gasteiger partial charge in [-0.05, 0) is 74.1 Å². The summed E-state index contributed by atoms with van der Waals surface area (Å²) in [7, 11) is -2.05. The number of anilines is 2. The summed E-state index contributed by atoms with van der Waals surface area (Å²) in [6, 6.07) is 10.4. The fourth-order valence-corrected chi connectivity index (χ4v) is 6.13. The lowest BCUT2D eigenvalue weighted by atomic mass is 10.1. The molecule has 4 rings (SSSR count). The Labute approximate surface area is 200 Å². The molecule has 0 spiro atoms. The first-order chi connectivity index (χ1) is 16.3. The third-order valence-corrected chi connectivity index (χ3v) is 8.26. The van der Waals surface area contributed by atoms with Gasteiger partial charge in [-0.25, -0.2) is 8.42 Å². The molecular formula is C25H31N3O5S. The summed E-state index contributed by atoms with van der Waals surface area (Å²) in [6.07, 6.45) is 4.26. The molecule has 1 N–H and O–H groups in total. The zero-order valence-electron chi connectivity index (χ0n) is 19.7. The van der Waals surface area contributed by atoms with E-state index in [-0.39, 0.29) is 23.3 Å². The number of hydrogen-bond donors (Lipinski definition) is 1. The van der Waals surface area contributed by atoms with Crippen LogP contribution in [0, 0.1) is 6.92 Å². The number of fused-ring (bicyclic) bond motifs is 1. The van der Waals surface area contributed by atoms with Crippen molar-refractivity contribution in [3.8, 4) is 5.75 Å². The van der Waals surface area contributed by atoms with Crippen LogP contribution in [0.25, 0.3) is 0 Å². The van der Waals surface area contributed by atoms with E-state index in [2.05, 4.69) is 5.32 Å². The molecule has 0 bridgehead atoms. The van der Waals surface area contributed by atoms with E-state index in [4.69, 9.17) is 4.74 Å². The number of piperidine rings is 1. The van der Waals surface area contributed by atoms with Crippen molar-refractivity contribution in [1.29, 1.82) is 0 Å². The molecule has 0 saturated carbocycles. The predicted molar refractivity (Wildman–Crippen MR) is 131 cm³/mol. The van der Waals surface area contributed by atoms with Gasteiger partial charge < -0.3 is 15.0 Å². The summed E-state index contributed by atoms with van der Waals surface area (Å²) >= 11 is 0. The lowest BCUT2D eigenvalue weighted by molar-refractivity contribution is -0.121. The fourth-order valence-electron chi connectivity index (χ4n) is 4.57. The second-order valence-electron chi connectivity index (χ2n) is 8.84. The van der Waals surface area contributed by atoms with Crippen molar-refractivity contribution in [3.63, 3.8) is 0 Å². The maximum Gasteiger partial charge on any atom is 0.244 e. The van der Waals surface area contributed by atoms with E-state index < -0.39 is 10.0 Å². The van der Waals surface area contributed by atoms with E-state index in [0.29, 0.717) is 49.5 Å². The molecule has 2 aliphatic rings. The lowest BCUT2D eigenvalue weighted by Crippen LogP contribution is -2.38. The van der Waals surface area contributed by atoms with Gasteiger partial charge in [0.25, 0.3) is 0 Å². The second kappa shape index (κ2) is 10.1. The predicted octanol–water partition coefficient (Wildman–Crippen LogP) is 3.49. The van der Waals surface area contributed by atoms with Crippen LogP contribution in [-0.2, 0) is 26.0 Å². The smallest absolute Gasteiger partial charge is 0.244 e. The summed E-state index contributed by atoms with van der Waals surface area (Å²) in [5.74, 6) is 0.0287. The number of benzene rings is 2. The molecule has 0 aliphatic carbocycles. The van der Waals surface area contributed by atoms with Gasteiger partial charge in [-0.15, -0.1) is 0 Å². The molecule has 1 fully saturated rings. The van der Waals surface area contributed by atoms with Crippen molar-refractivity contribution in [2.24, 2.45) is 0 Å². The molecule has 1 saturated heterocycles. The van der Waals surface area contributed by atoms with Crippen LogP contribution in [0.2, 0.25) is 0 Å². The summed E-state index contributed by atoms with van der Waals surface area (Å²) in [6.45, 7) is 2.82. The monoisotopic (exact) mass is 485 g/mol. The van der Waals surface area contributed by atoms with E-state index in [1.807, 2.05) is 19.1 Å². The van der Waals surface area contributed by atoms with E-state index >= 15 is 0 Å². The Kier molecular flexibility index (Phi) is 7.23. The maximum absolute atomic E-state index is 13.1. The summed E-state index contributed by atoms with van der Waals surface area (Å²) in [4.78, 5) is 27.5. The number of rotatable bonds is 6. The van der Waals surface area contributed by atoms with Gasteiger partial charge >= 0.3 is 0 Å². The lowest BCUT2D eigenvalue weighted by Gasteiger charge is -2.27. The van der Waals surface area contributed by atoms with E-state index in [1.165, 1.54) is 12.0 Å². The first-order valence-electron chi connectivity index (χ1n) is 11.7. The molecule has 0 atom stereocenters. The van der Waals surface area contributed by atoms with Crippen molar-refractivity contribution in [2.75, 3.05) is 37.0 Å².